The summed E-state index contributed by atoms with van der Waals surface area (Å²) in [6.45, 7) is -0.577. The summed E-state index contributed by atoms with van der Waals surface area (Å²) in [6.07, 6.45) is -17.3. The molecule has 0 N–H and O–H groups in total. The van der Waals surface area contributed by atoms with Gasteiger partial charge in [0.25, 0.3) is 5.91 Å². The third-order valence-electron chi connectivity index (χ3n) is 5.85. The summed E-state index contributed by atoms with van der Waals surface area (Å²) >= 11 is 11.6. The molecule has 40 heavy (non-hydrogen) atoms. The maximum Gasteiger partial charge on any atom is 0.435 e. The van der Waals surface area contributed by atoms with Gasteiger partial charge in [-0.1, -0.05) is 59.6 Å². The van der Waals surface area contributed by atoms with Gasteiger partial charge in [0.15, 0.2) is 0 Å². The highest BCUT2D eigenvalue weighted by Crippen LogP contribution is 2.53. The van der Waals surface area contributed by atoms with E-state index >= 15 is 0 Å². The Balaban J connectivity index is 1.96. The highest BCUT2D eigenvalue weighted by Gasteiger charge is 2.73. The van der Waals surface area contributed by atoms with Crippen LogP contribution in [0.5, 0.6) is 0 Å². The highest BCUT2D eigenvalue weighted by molar-refractivity contribution is 6.31. The van der Waals surface area contributed by atoms with Crippen molar-refractivity contribution in [3.05, 3.63) is 105 Å². The maximum absolute atomic E-state index is 14.4. The second-order valence-electron chi connectivity index (χ2n) is 8.68. The first-order valence-electron chi connectivity index (χ1n) is 11.2. The van der Waals surface area contributed by atoms with Crippen LogP contribution in [0.2, 0.25) is 10.0 Å². The van der Waals surface area contributed by atoms with Gasteiger partial charge in [-0.15, -0.1) is 0 Å². The largest absolute Gasteiger partial charge is 0.435 e. The molecule has 14 heteroatoms. The molecule has 216 valence electrons. The molecule has 0 radical (unpaired) electrons. The van der Waals surface area contributed by atoms with Crippen molar-refractivity contribution in [3.8, 4) is 0 Å². The Morgan fingerprint density at radius 2 is 1.18 bits per heavy atom. The van der Waals surface area contributed by atoms with Crippen LogP contribution in [0.3, 0.4) is 0 Å². The predicted molar refractivity (Wildman–Crippen MR) is 128 cm³/mol. The zero-order valence-electron chi connectivity index (χ0n) is 19.9. The number of hydrogen-bond donors (Lipinski definition) is 0. The van der Waals surface area contributed by atoms with Crippen LogP contribution >= 0.6 is 23.2 Å². The minimum absolute atomic E-state index is 0.0158. The molecule has 0 atom stereocenters. The average Bonchev–Trinajstić information content (AvgIpc) is 2.84. The van der Waals surface area contributed by atoms with Crippen LogP contribution in [0.25, 0.3) is 0 Å². The Kier molecular flexibility index (Phi) is 9.05. The number of rotatable bonds is 7. The van der Waals surface area contributed by atoms with Gasteiger partial charge in [-0.05, 0) is 47.9 Å². The summed E-state index contributed by atoms with van der Waals surface area (Å²) in [5, 5.41) is 0.0239. The van der Waals surface area contributed by atoms with E-state index in [0.29, 0.717) is 34.9 Å². The normalized spacial score (nSPS) is 12.9. The lowest BCUT2D eigenvalue weighted by atomic mass is 9.93. The molecule has 1 amide bonds. The van der Waals surface area contributed by atoms with E-state index in [0.717, 1.165) is 23.1 Å². The molecule has 0 saturated heterocycles. The minimum Gasteiger partial charge on any atom is -0.334 e. The summed E-state index contributed by atoms with van der Waals surface area (Å²) in [5.74, 6) is -0.948. The van der Waals surface area contributed by atoms with Crippen LogP contribution in [0.4, 0.5) is 43.9 Å². The molecule has 0 bridgehead atoms. The van der Waals surface area contributed by atoms with Gasteiger partial charge in [0.2, 0.25) is 0 Å². The molecule has 3 rings (SSSR count). The molecule has 0 spiro atoms. The van der Waals surface area contributed by atoms with Crippen molar-refractivity contribution >= 4 is 29.1 Å². The molecule has 0 aliphatic heterocycles. The third-order valence-corrected chi connectivity index (χ3v) is 6.32. The smallest absolute Gasteiger partial charge is 0.334 e. The number of amides is 1. The van der Waals surface area contributed by atoms with E-state index in [4.69, 9.17) is 23.2 Å². The standard InChI is InChI=1S/C26H17Cl2F10NO/c27-20-7-3-15(4-8-20)9-10-39(22(40)17-11-19(24(30,31)32)13-21(28)12-17)14-16-1-5-18(6-2-16)23(29,25(33,34)35)26(36,37)38/h1-8,11-13H,9-10,14H2. The van der Waals surface area contributed by atoms with Gasteiger partial charge in [-0.3, -0.25) is 4.79 Å². The lowest BCUT2D eigenvalue weighted by Gasteiger charge is -2.30. The monoisotopic (exact) mass is 619 g/mol. The minimum atomic E-state index is -6.31. The lowest BCUT2D eigenvalue weighted by Crippen LogP contribution is -2.50. The molecule has 0 fully saturated rings. The first-order chi connectivity index (χ1) is 18.3. The van der Waals surface area contributed by atoms with E-state index in [1.165, 1.54) is 0 Å². The second kappa shape index (κ2) is 11.5. The lowest BCUT2D eigenvalue weighted by molar-refractivity contribution is -0.348. The number of carbonyl (C=O) groups excluding carboxylic acids is 1. The van der Waals surface area contributed by atoms with E-state index in [1.54, 1.807) is 24.3 Å². The Morgan fingerprint density at radius 1 is 0.650 bits per heavy atom. The summed E-state index contributed by atoms with van der Waals surface area (Å²) in [6, 6.07) is 10.6. The quantitative estimate of drug-likeness (QED) is 0.241. The number of hydrogen-bond acceptors (Lipinski definition) is 1. The van der Waals surface area contributed by atoms with Crippen molar-refractivity contribution in [3.63, 3.8) is 0 Å². The van der Waals surface area contributed by atoms with Crippen LogP contribution in [0, 0.1) is 0 Å². The van der Waals surface area contributed by atoms with Gasteiger partial charge in [0.05, 0.1) is 5.56 Å². The van der Waals surface area contributed by atoms with Gasteiger partial charge in [0, 0.05) is 34.3 Å². The van der Waals surface area contributed by atoms with Crippen LogP contribution in [-0.2, 0) is 24.8 Å². The SMILES string of the molecule is O=C(c1cc(Cl)cc(C(F)(F)F)c1)N(CCc1ccc(Cl)cc1)Cc1ccc(C(F)(C(F)(F)F)C(F)(F)F)cc1. The van der Waals surface area contributed by atoms with E-state index in [9.17, 15) is 48.7 Å². The predicted octanol–water partition coefficient (Wildman–Crippen LogP) is 9.19. The second-order valence-corrected chi connectivity index (χ2v) is 9.55. The van der Waals surface area contributed by atoms with Gasteiger partial charge in [0.1, 0.15) is 0 Å². The molecule has 3 aromatic carbocycles. The Bertz CT molecular complexity index is 1320. The number of alkyl halides is 10. The Hall–Kier alpha value is -2.99. The molecule has 0 aliphatic rings. The first kappa shape index (κ1) is 31.5. The molecule has 0 heterocycles. The van der Waals surface area contributed by atoms with E-state index in [-0.39, 0.29) is 18.5 Å². The number of nitrogens with zero attached hydrogens (tertiary/aromatic N) is 1. The van der Waals surface area contributed by atoms with Gasteiger partial charge in [-0.2, -0.15) is 39.5 Å². The maximum atomic E-state index is 14.4. The molecule has 0 aliphatic carbocycles. The zero-order valence-corrected chi connectivity index (χ0v) is 21.4. The van der Waals surface area contributed by atoms with Crippen LogP contribution < -0.4 is 0 Å². The van der Waals surface area contributed by atoms with Gasteiger partial charge in [-0.25, -0.2) is 4.39 Å². The fourth-order valence-electron chi connectivity index (χ4n) is 3.78. The molecule has 2 nitrogen and oxygen atoms in total. The molecule has 0 saturated carbocycles. The fraction of sp³-hybridized carbons (Fsp3) is 0.269. The topological polar surface area (TPSA) is 20.3 Å². The van der Waals surface area contributed by atoms with E-state index < -0.39 is 58.4 Å². The molecular formula is C26H17Cl2F10NO. The van der Waals surface area contributed by atoms with Crippen molar-refractivity contribution in [2.45, 2.75) is 37.2 Å². The third kappa shape index (κ3) is 7.01. The van der Waals surface area contributed by atoms with Crippen molar-refractivity contribution in [2.24, 2.45) is 0 Å². The van der Waals surface area contributed by atoms with Crippen molar-refractivity contribution in [1.82, 2.24) is 4.90 Å². The van der Waals surface area contributed by atoms with Crippen LogP contribution in [-0.4, -0.2) is 29.7 Å². The summed E-state index contributed by atoms with van der Waals surface area (Å²) < 4.78 is 133. The Morgan fingerprint density at radius 3 is 1.68 bits per heavy atom. The molecule has 0 aromatic heterocycles. The number of benzene rings is 3. The molecular weight excluding hydrogens is 603 g/mol. The van der Waals surface area contributed by atoms with Crippen molar-refractivity contribution in [1.29, 1.82) is 0 Å². The Labute approximate surface area is 231 Å². The molecule has 3 aromatic rings. The summed E-state index contributed by atoms with van der Waals surface area (Å²) in [4.78, 5) is 14.3. The summed E-state index contributed by atoms with van der Waals surface area (Å²) in [7, 11) is 0. The first-order valence-corrected chi connectivity index (χ1v) is 11.9. The fourth-order valence-corrected chi connectivity index (χ4v) is 4.14. The van der Waals surface area contributed by atoms with E-state index in [2.05, 4.69) is 0 Å². The van der Waals surface area contributed by atoms with Crippen LogP contribution in [0.15, 0.2) is 66.7 Å². The zero-order chi connectivity index (χ0) is 30.1. The molecule has 0 unspecified atom stereocenters. The van der Waals surface area contributed by atoms with Gasteiger partial charge >= 0.3 is 24.2 Å². The number of carbonyl (C=O) groups is 1. The van der Waals surface area contributed by atoms with Crippen molar-refractivity contribution in [2.75, 3.05) is 6.54 Å². The highest BCUT2D eigenvalue weighted by atomic mass is 35.5. The average molecular weight is 620 g/mol. The summed E-state index contributed by atoms with van der Waals surface area (Å²) in [5.41, 5.74) is -8.37. The van der Waals surface area contributed by atoms with Crippen LogP contribution in [0.1, 0.15) is 32.6 Å². The van der Waals surface area contributed by atoms with Crippen molar-refractivity contribution < 1.29 is 48.7 Å². The van der Waals surface area contributed by atoms with Gasteiger partial charge < -0.3 is 4.90 Å². The number of halogens is 12. The van der Waals surface area contributed by atoms with E-state index in [1.807, 2.05) is 0 Å².